The van der Waals surface area contributed by atoms with Gasteiger partial charge >= 0.3 is 10.1 Å². The Morgan fingerprint density at radius 1 is 1.18 bits per heavy atom. The van der Waals surface area contributed by atoms with Gasteiger partial charge in [-0.15, -0.1) is 0 Å². The van der Waals surface area contributed by atoms with Crippen LogP contribution < -0.4 is 0 Å². The van der Waals surface area contributed by atoms with E-state index < -0.39 is 27.0 Å². The molecule has 0 unspecified atom stereocenters. The summed E-state index contributed by atoms with van der Waals surface area (Å²) < 4.78 is 42.7. The van der Waals surface area contributed by atoms with Crippen LogP contribution in [0.2, 0.25) is 0 Å². The Labute approximate surface area is 73.0 Å². The molecular weight excluding hydrogens is 231 g/mol. The average molecular weight is 231 g/mol. The molecule has 0 saturated carbocycles. The molecule has 66 valence electrons. The van der Waals surface area contributed by atoms with Crippen LogP contribution in [0.5, 0.6) is 0 Å². The number of thioether (sulfide) groups is 1. The van der Waals surface area contributed by atoms with Gasteiger partial charge in [-0.25, -0.2) is 0 Å². The summed E-state index contributed by atoms with van der Waals surface area (Å²) in [6.07, 6.45) is -5.12. The van der Waals surface area contributed by atoms with Gasteiger partial charge in [0.2, 0.25) is 0 Å². The third-order valence-corrected chi connectivity index (χ3v) is 1.55. The molecule has 0 saturated heterocycles. The van der Waals surface area contributed by atoms with Crippen LogP contribution in [0.15, 0.2) is 0 Å². The molecule has 0 heterocycles. The van der Waals surface area contributed by atoms with Gasteiger partial charge < -0.3 is 0 Å². The maximum Gasteiger partial charge on any atom is 0.461 e. The van der Waals surface area contributed by atoms with Crippen molar-refractivity contribution < 1.29 is 22.4 Å². The number of halogens is 6. The van der Waals surface area contributed by atoms with E-state index in [0.29, 0.717) is 0 Å². The van der Waals surface area contributed by atoms with Gasteiger partial charge in [0.05, 0.1) is 0 Å². The molecule has 0 aromatic rings. The molecule has 1 nitrogen and oxygen atoms in total. The fourth-order valence-electron chi connectivity index (χ4n) is 0.163. The topological polar surface area (TPSA) is 17.1 Å². The second-order valence-electron chi connectivity index (χ2n) is 1.33. The molecule has 0 fully saturated rings. The molecule has 0 N–H and O–H groups in total. The number of carbonyl (C=O) groups excluding carboxylic acids is 1. The van der Waals surface area contributed by atoms with Crippen LogP contribution in [0.4, 0.5) is 17.6 Å². The molecule has 11 heavy (non-hydrogen) atoms. The van der Waals surface area contributed by atoms with E-state index in [-0.39, 0.29) is 0 Å². The van der Waals surface area contributed by atoms with Crippen molar-refractivity contribution >= 4 is 40.1 Å². The van der Waals surface area contributed by atoms with E-state index in [4.69, 9.17) is 0 Å². The van der Waals surface area contributed by atoms with E-state index >= 15 is 0 Å². The van der Waals surface area contributed by atoms with Gasteiger partial charge in [0.15, 0.2) is 0 Å². The minimum Gasteiger partial charge on any atom is -0.277 e. The Morgan fingerprint density at radius 3 is 1.64 bits per heavy atom. The monoisotopic (exact) mass is 230 g/mol. The molecule has 0 radical (unpaired) electrons. The van der Waals surface area contributed by atoms with E-state index in [1.807, 2.05) is 0 Å². The first kappa shape index (κ1) is 11.3. The van der Waals surface area contributed by atoms with Gasteiger partial charge in [0.25, 0.3) is 5.12 Å². The second-order valence-corrected chi connectivity index (χ2v) is 4.15. The van der Waals surface area contributed by atoms with Crippen molar-refractivity contribution in [2.24, 2.45) is 0 Å². The first-order valence-electron chi connectivity index (χ1n) is 2.00. The second kappa shape index (κ2) is 3.37. The van der Waals surface area contributed by atoms with Gasteiger partial charge in [0, 0.05) is 0 Å². The van der Waals surface area contributed by atoms with Crippen molar-refractivity contribution in [1.82, 2.24) is 0 Å². The van der Waals surface area contributed by atoms with Crippen molar-refractivity contribution in [2.45, 2.75) is 10.1 Å². The Balaban J connectivity index is 4.11. The van der Waals surface area contributed by atoms with Crippen molar-refractivity contribution in [3.05, 3.63) is 0 Å². The van der Waals surface area contributed by atoms with E-state index in [2.05, 4.69) is 23.2 Å². The first-order valence-corrected chi connectivity index (χ1v) is 3.57. The highest BCUT2D eigenvalue weighted by Gasteiger charge is 2.44. The Kier molecular flexibility index (Phi) is 3.46. The lowest BCUT2D eigenvalue weighted by molar-refractivity contribution is -0.160. The fourth-order valence-corrected chi connectivity index (χ4v) is 0.909. The van der Waals surface area contributed by atoms with Crippen LogP contribution >= 0.6 is 35.0 Å². The molecule has 0 bridgehead atoms. The fraction of sp³-hybridized carbons (Fsp3) is 0.667. The molecule has 8 heteroatoms. The summed E-state index contributed by atoms with van der Waals surface area (Å²) in [5, 5.41) is -2.37. The lowest BCUT2D eigenvalue weighted by Gasteiger charge is -2.08. The molecule has 0 amide bonds. The van der Waals surface area contributed by atoms with Crippen LogP contribution in [0.25, 0.3) is 0 Å². The zero-order valence-electron chi connectivity index (χ0n) is 4.58. The van der Waals surface area contributed by atoms with Gasteiger partial charge in [-0.2, -0.15) is 17.6 Å². The van der Waals surface area contributed by atoms with Crippen LogP contribution in [0.3, 0.4) is 0 Å². The minimum absolute atomic E-state index is 0.836. The number of alkyl halides is 6. The summed E-state index contributed by atoms with van der Waals surface area (Å²) in [7, 11) is 0. The SMILES string of the molecule is O=C(SC(F)(Cl)Cl)C(F)(F)F. The molecule has 0 spiro atoms. The number of carbonyl (C=O) groups is 1. The summed E-state index contributed by atoms with van der Waals surface area (Å²) in [6.45, 7) is 0. The van der Waals surface area contributed by atoms with Gasteiger partial charge in [-0.3, -0.25) is 4.79 Å². The predicted octanol–water partition coefficient (Wildman–Crippen LogP) is 2.87. The molecule has 0 aromatic carbocycles. The third-order valence-electron chi connectivity index (χ3n) is 0.440. The molecule has 0 aliphatic rings. The summed E-state index contributed by atoms with van der Waals surface area (Å²) in [5.41, 5.74) is 0. The summed E-state index contributed by atoms with van der Waals surface area (Å²) in [4.78, 5) is 9.91. The largest absolute Gasteiger partial charge is 0.461 e. The molecule has 0 aliphatic heterocycles. The molecule has 0 aliphatic carbocycles. The van der Waals surface area contributed by atoms with Crippen LogP contribution in [0.1, 0.15) is 0 Å². The summed E-state index contributed by atoms with van der Waals surface area (Å²) in [5.74, 6) is 0. The Bertz CT molecular complexity index is 162. The Morgan fingerprint density at radius 2 is 1.55 bits per heavy atom. The third kappa shape index (κ3) is 5.57. The zero-order chi connectivity index (χ0) is 9.28. The van der Waals surface area contributed by atoms with Crippen molar-refractivity contribution in [3.8, 4) is 0 Å². The molecule has 0 atom stereocenters. The maximum atomic E-state index is 11.9. The van der Waals surface area contributed by atoms with Crippen molar-refractivity contribution in [3.63, 3.8) is 0 Å². The molecule has 0 rings (SSSR count). The summed E-state index contributed by atoms with van der Waals surface area (Å²) >= 11 is 8.11. The smallest absolute Gasteiger partial charge is 0.277 e. The number of hydrogen-bond acceptors (Lipinski definition) is 2. The van der Waals surface area contributed by atoms with Gasteiger partial charge in [0.1, 0.15) is 0 Å². The highest BCUT2D eigenvalue weighted by atomic mass is 35.5. The minimum atomic E-state index is -5.12. The normalized spacial score (nSPS) is 13.3. The summed E-state index contributed by atoms with van der Waals surface area (Å²) in [6, 6.07) is 0. The molecule has 0 aromatic heterocycles. The number of hydrogen-bond donors (Lipinski definition) is 0. The highest BCUT2D eigenvalue weighted by Crippen LogP contribution is 2.40. The predicted molar refractivity (Wildman–Crippen MR) is 34.2 cm³/mol. The lowest BCUT2D eigenvalue weighted by atomic mass is 10.8. The van der Waals surface area contributed by atoms with Crippen LogP contribution in [-0.4, -0.2) is 15.2 Å². The standard InChI is InChI=1S/C3Cl2F4OS/c4-3(5,9)11-1(10)2(6,7)8. The van der Waals surface area contributed by atoms with E-state index in [9.17, 15) is 22.4 Å². The van der Waals surface area contributed by atoms with Crippen molar-refractivity contribution in [1.29, 1.82) is 0 Å². The first-order chi connectivity index (χ1) is 4.63. The maximum absolute atomic E-state index is 11.9. The lowest BCUT2D eigenvalue weighted by Crippen LogP contribution is -2.22. The van der Waals surface area contributed by atoms with E-state index in [0.717, 1.165) is 0 Å². The van der Waals surface area contributed by atoms with Gasteiger partial charge in [-0.1, -0.05) is 23.2 Å². The van der Waals surface area contributed by atoms with E-state index in [1.54, 1.807) is 0 Å². The van der Waals surface area contributed by atoms with Crippen molar-refractivity contribution in [2.75, 3.05) is 0 Å². The Hall–Kier alpha value is 0.320. The molecular formula is C3Cl2F4OS. The van der Waals surface area contributed by atoms with Gasteiger partial charge in [-0.05, 0) is 11.8 Å². The van der Waals surface area contributed by atoms with E-state index in [1.165, 1.54) is 0 Å². The van der Waals surface area contributed by atoms with Crippen LogP contribution in [0, 0.1) is 0 Å². The number of rotatable bonds is 1. The average Bonchev–Trinajstić information content (AvgIpc) is 1.56. The quantitative estimate of drug-likeness (QED) is 0.509. The highest BCUT2D eigenvalue weighted by molar-refractivity contribution is 8.16. The van der Waals surface area contributed by atoms with Crippen LogP contribution in [-0.2, 0) is 4.79 Å². The zero-order valence-corrected chi connectivity index (χ0v) is 6.91.